The molecule has 1 saturated heterocycles. The van der Waals surface area contributed by atoms with E-state index in [2.05, 4.69) is 38.0 Å². The average Bonchev–Trinajstić information content (AvgIpc) is 3.34. The molecule has 0 amide bonds. The van der Waals surface area contributed by atoms with Crippen molar-refractivity contribution in [3.8, 4) is 0 Å². The number of thiophene rings is 1. The molecule has 4 aromatic rings. The summed E-state index contributed by atoms with van der Waals surface area (Å²) in [6.45, 7) is 3.04. The minimum atomic E-state index is -0.401. The number of piperidine rings is 1. The molecule has 0 bridgehead atoms. The van der Waals surface area contributed by atoms with Crippen molar-refractivity contribution in [2.45, 2.75) is 25.4 Å². The lowest BCUT2D eigenvalue weighted by Gasteiger charge is -2.32. The third-order valence-corrected chi connectivity index (χ3v) is 6.67. The zero-order valence-corrected chi connectivity index (χ0v) is 18.8. The van der Waals surface area contributed by atoms with Crippen LogP contribution in [-0.2, 0) is 6.54 Å². The largest absolute Gasteiger partial charge is 0.351 e. The number of hydrogen-bond acceptors (Lipinski definition) is 8. The number of hydrogen-bond donors (Lipinski definition) is 2. The Morgan fingerprint density at radius 2 is 1.88 bits per heavy atom. The van der Waals surface area contributed by atoms with Gasteiger partial charge in [0.05, 0.1) is 10.4 Å². The van der Waals surface area contributed by atoms with Crippen LogP contribution < -0.4 is 10.6 Å². The molecule has 0 radical (unpaired) electrons. The molecule has 0 aliphatic carbocycles. The van der Waals surface area contributed by atoms with E-state index in [-0.39, 0.29) is 11.7 Å². The fourth-order valence-electron chi connectivity index (χ4n) is 4.09. The smallest absolute Gasteiger partial charge is 0.270 e. The molecule has 9 heteroatoms. The Kier molecular flexibility index (Phi) is 6.14. The summed E-state index contributed by atoms with van der Waals surface area (Å²) in [6.07, 6.45) is 2.02. The van der Waals surface area contributed by atoms with Crippen molar-refractivity contribution >= 4 is 45.4 Å². The summed E-state index contributed by atoms with van der Waals surface area (Å²) in [6, 6.07) is 18.9. The van der Waals surface area contributed by atoms with E-state index in [0.29, 0.717) is 22.7 Å². The molecule has 8 nitrogen and oxygen atoms in total. The number of non-ortho nitro benzene ring substituents is 1. The highest BCUT2D eigenvalue weighted by molar-refractivity contribution is 7.09. The number of nitrogens with zero attached hydrogens (tertiary/aromatic N) is 4. The Labute approximate surface area is 195 Å². The number of benzene rings is 2. The molecule has 0 unspecified atom stereocenters. The van der Waals surface area contributed by atoms with Gasteiger partial charge in [-0.3, -0.25) is 15.0 Å². The summed E-state index contributed by atoms with van der Waals surface area (Å²) in [7, 11) is 0. The maximum atomic E-state index is 11.3. The molecule has 168 valence electrons. The standard InChI is InChI=1S/C24H24N6O2S/c31-30(32)19-8-9-22-21(15-19)23(25-17-5-2-1-3-6-17)28-24(27-22)26-18-10-12-29(13-11-18)16-20-7-4-14-33-20/h1-9,14-15,18H,10-13,16H2,(H2,25,26,27,28). The first-order chi connectivity index (χ1) is 16.1. The molecular weight excluding hydrogens is 436 g/mol. The fraction of sp³-hybridized carbons (Fsp3) is 0.250. The first-order valence-corrected chi connectivity index (χ1v) is 11.8. The van der Waals surface area contributed by atoms with Crippen LogP contribution in [0.4, 0.5) is 23.1 Å². The van der Waals surface area contributed by atoms with Crippen LogP contribution in [0.1, 0.15) is 17.7 Å². The first-order valence-electron chi connectivity index (χ1n) is 10.9. The summed E-state index contributed by atoms with van der Waals surface area (Å²) in [5.74, 6) is 1.08. The van der Waals surface area contributed by atoms with Crippen LogP contribution in [0.5, 0.6) is 0 Å². The molecule has 0 atom stereocenters. The molecule has 2 aromatic heterocycles. The molecule has 5 rings (SSSR count). The van der Waals surface area contributed by atoms with Gasteiger partial charge in [-0.05, 0) is 42.5 Å². The molecule has 1 aliphatic heterocycles. The Balaban J connectivity index is 1.35. The van der Waals surface area contributed by atoms with Crippen LogP contribution >= 0.6 is 11.3 Å². The van der Waals surface area contributed by atoms with Crippen molar-refractivity contribution in [3.05, 3.63) is 81.0 Å². The van der Waals surface area contributed by atoms with Crippen molar-refractivity contribution in [1.29, 1.82) is 0 Å². The van der Waals surface area contributed by atoms with E-state index in [1.165, 1.54) is 17.0 Å². The molecule has 1 fully saturated rings. The van der Waals surface area contributed by atoms with Crippen molar-refractivity contribution in [1.82, 2.24) is 14.9 Å². The lowest BCUT2D eigenvalue weighted by atomic mass is 10.1. The van der Waals surface area contributed by atoms with Gasteiger partial charge in [0, 0.05) is 53.8 Å². The molecule has 3 heterocycles. The van der Waals surface area contributed by atoms with E-state index < -0.39 is 4.92 Å². The average molecular weight is 461 g/mol. The lowest BCUT2D eigenvalue weighted by Crippen LogP contribution is -2.38. The predicted octanol–water partition coefficient (Wildman–Crippen LogP) is 5.42. The predicted molar refractivity (Wildman–Crippen MR) is 132 cm³/mol. The number of aromatic nitrogens is 2. The third-order valence-electron chi connectivity index (χ3n) is 5.81. The van der Waals surface area contributed by atoms with Crippen LogP contribution in [0.3, 0.4) is 0 Å². The minimum Gasteiger partial charge on any atom is -0.351 e. The number of para-hydroxylation sites is 1. The normalized spacial score (nSPS) is 14.9. The minimum absolute atomic E-state index is 0.0148. The summed E-state index contributed by atoms with van der Waals surface area (Å²) >= 11 is 1.80. The van der Waals surface area contributed by atoms with Crippen LogP contribution in [-0.4, -0.2) is 38.9 Å². The van der Waals surface area contributed by atoms with Crippen LogP contribution in [0, 0.1) is 10.1 Å². The molecule has 0 saturated carbocycles. The number of nitrogens with one attached hydrogen (secondary N) is 2. The topological polar surface area (TPSA) is 96.2 Å². The second-order valence-corrected chi connectivity index (χ2v) is 9.15. The van der Waals surface area contributed by atoms with E-state index in [1.54, 1.807) is 17.4 Å². The first kappa shape index (κ1) is 21.3. The Bertz CT molecular complexity index is 1240. The van der Waals surface area contributed by atoms with Gasteiger partial charge in [-0.2, -0.15) is 4.98 Å². The SMILES string of the molecule is O=[N+]([O-])c1ccc2nc(NC3CCN(Cc4cccs4)CC3)nc(Nc3ccccc3)c2c1. The highest BCUT2D eigenvalue weighted by Crippen LogP contribution is 2.29. The molecule has 0 spiro atoms. The van der Waals surface area contributed by atoms with Gasteiger partial charge >= 0.3 is 0 Å². The molecule has 2 N–H and O–H groups in total. The quantitative estimate of drug-likeness (QED) is 0.281. The van der Waals surface area contributed by atoms with Gasteiger partial charge in [0.1, 0.15) is 5.82 Å². The maximum absolute atomic E-state index is 11.3. The number of anilines is 3. The van der Waals surface area contributed by atoms with Gasteiger partial charge < -0.3 is 10.6 Å². The molecule has 2 aromatic carbocycles. The van der Waals surface area contributed by atoms with E-state index in [4.69, 9.17) is 4.98 Å². The summed E-state index contributed by atoms with van der Waals surface area (Å²) < 4.78 is 0. The van der Waals surface area contributed by atoms with E-state index in [0.717, 1.165) is 38.2 Å². The van der Waals surface area contributed by atoms with Crippen molar-refractivity contribution < 1.29 is 4.92 Å². The van der Waals surface area contributed by atoms with E-state index in [9.17, 15) is 10.1 Å². The summed E-state index contributed by atoms with van der Waals surface area (Å²) in [4.78, 5) is 24.1. The highest BCUT2D eigenvalue weighted by atomic mass is 32.1. The number of fused-ring (bicyclic) bond motifs is 1. The second-order valence-electron chi connectivity index (χ2n) is 8.12. The number of likely N-dealkylation sites (tertiary alicyclic amines) is 1. The molecular formula is C24H24N6O2S. The van der Waals surface area contributed by atoms with Gasteiger partial charge in [-0.15, -0.1) is 11.3 Å². The van der Waals surface area contributed by atoms with E-state index >= 15 is 0 Å². The van der Waals surface area contributed by atoms with Crippen molar-refractivity contribution in [3.63, 3.8) is 0 Å². The number of nitro benzene ring substituents is 1. The lowest BCUT2D eigenvalue weighted by molar-refractivity contribution is -0.384. The summed E-state index contributed by atoms with van der Waals surface area (Å²) in [5, 5.41) is 20.8. The number of nitro groups is 1. The summed E-state index contributed by atoms with van der Waals surface area (Å²) in [5.41, 5.74) is 1.53. The zero-order chi connectivity index (χ0) is 22.6. The number of rotatable bonds is 7. The molecule has 1 aliphatic rings. The van der Waals surface area contributed by atoms with Gasteiger partial charge in [-0.1, -0.05) is 24.3 Å². The van der Waals surface area contributed by atoms with Crippen LogP contribution in [0.25, 0.3) is 10.9 Å². The molecule has 33 heavy (non-hydrogen) atoms. The van der Waals surface area contributed by atoms with Gasteiger partial charge in [0.2, 0.25) is 5.95 Å². The Hall–Kier alpha value is -3.56. The Morgan fingerprint density at radius 1 is 1.06 bits per heavy atom. The van der Waals surface area contributed by atoms with Crippen molar-refractivity contribution in [2.75, 3.05) is 23.7 Å². The van der Waals surface area contributed by atoms with E-state index in [1.807, 2.05) is 30.3 Å². The second kappa shape index (κ2) is 9.51. The zero-order valence-electron chi connectivity index (χ0n) is 18.0. The maximum Gasteiger partial charge on any atom is 0.270 e. The van der Waals surface area contributed by atoms with Gasteiger partial charge in [-0.25, -0.2) is 4.98 Å². The fourth-order valence-corrected chi connectivity index (χ4v) is 4.84. The van der Waals surface area contributed by atoms with Gasteiger partial charge in [0.15, 0.2) is 0 Å². The van der Waals surface area contributed by atoms with Gasteiger partial charge in [0.25, 0.3) is 5.69 Å². The monoisotopic (exact) mass is 460 g/mol. The highest BCUT2D eigenvalue weighted by Gasteiger charge is 2.21. The Morgan fingerprint density at radius 3 is 2.61 bits per heavy atom. The third kappa shape index (κ3) is 5.10. The van der Waals surface area contributed by atoms with Crippen LogP contribution in [0.2, 0.25) is 0 Å². The van der Waals surface area contributed by atoms with Crippen LogP contribution in [0.15, 0.2) is 66.0 Å². The van der Waals surface area contributed by atoms with Crippen molar-refractivity contribution in [2.24, 2.45) is 0 Å².